The first-order valence-electron chi connectivity index (χ1n) is 9.50. The summed E-state index contributed by atoms with van der Waals surface area (Å²) in [5.74, 6) is -0.230. The summed E-state index contributed by atoms with van der Waals surface area (Å²) in [6, 6.07) is 20.3. The van der Waals surface area contributed by atoms with Gasteiger partial charge in [0.25, 0.3) is 5.91 Å². The van der Waals surface area contributed by atoms with Crippen LogP contribution in [0.2, 0.25) is 0 Å². The van der Waals surface area contributed by atoms with E-state index in [0.29, 0.717) is 5.92 Å². The molecule has 0 saturated heterocycles. The molecule has 0 saturated carbocycles. The van der Waals surface area contributed by atoms with Crippen LogP contribution >= 0.6 is 9.24 Å². The van der Waals surface area contributed by atoms with Gasteiger partial charge in [-0.25, -0.2) is 4.98 Å². The zero-order chi connectivity index (χ0) is 20.4. The Morgan fingerprint density at radius 1 is 1.10 bits per heavy atom. The van der Waals surface area contributed by atoms with Crippen LogP contribution in [0.4, 0.5) is 0 Å². The van der Waals surface area contributed by atoms with Gasteiger partial charge in [-0.15, -0.1) is 9.24 Å². The van der Waals surface area contributed by atoms with Gasteiger partial charge in [0, 0.05) is 17.8 Å². The molecule has 0 spiro atoms. The van der Waals surface area contributed by atoms with Crippen LogP contribution in [0.25, 0.3) is 22.0 Å². The average molecular weight is 399 g/mol. The lowest BCUT2D eigenvalue weighted by Crippen LogP contribution is -2.13. The molecule has 4 rings (SSSR count). The van der Waals surface area contributed by atoms with Gasteiger partial charge in [0.2, 0.25) is 0 Å². The largest absolute Gasteiger partial charge is 0.364 e. The van der Waals surface area contributed by atoms with Gasteiger partial charge in [-0.1, -0.05) is 49.4 Å². The van der Waals surface area contributed by atoms with E-state index in [9.17, 15) is 4.79 Å². The maximum Gasteiger partial charge on any atom is 0.267 e. The third kappa shape index (κ3) is 4.18. The summed E-state index contributed by atoms with van der Waals surface area (Å²) in [6.45, 7) is 2.19. The predicted octanol–water partition coefficient (Wildman–Crippen LogP) is 4.24. The first-order chi connectivity index (χ1) is 14.0. The fourth-order valence-corrected chi connectivity index (χ4v) is 3.76. The smallest absolute Gasteiger partial charge is 0.267 e. The quantitative estimate of drug-likeness (QED) is 0.510. The van der Waals surface area contributed by atoms with Gasteiger partial charge in [0.05, 0.1) is 5.52 Å². The molecule has 144 valence electrons. The van der Waals surface area contributed by atoms with E-state index < -0.39 is 5.91 Å². The number of hydrogen-bond donors (Lipinski definition) is 1. The number of hydrogen-bond acceptors (Lipinski definition) is 3. The van der Waals surface area contributed by atoms with Crippen molar-refractivity contribution in [1.82, 2.24) is 9.97 Å². The highest BCUT2D eigenvalue weighted by atomic mass is 31.0. The van der Waals surface area contributed by atoms with E-state index >= 15 is 0 Å². The Balaban J connectivity index is 1.79. The second-order valence-electron chi connectivity index (χ2n) is 7.28. The van der Waals surface area contributed by atoms with Gasteiger partial charge in [0.1, 0.15) is 5.69 Å². The number of carbonyl (C=O) groups is 1. The normalized spacial score (nSPS) is 12.1. The number of amides is 1. The molecule has 4 aromatic rings. The maximum absolute atomic E-state index is 11.9. The number of pyridine rings is 2. The molecule has 0 radical (unpaired) electrons. The summed E-state index contributed by atoms with van der Waals surface area (Å²) in [5, 5.41) is 2.11. The Labute approximate surface area is 172 Å². The predicted molar refractivity (Wildman–Crippen MR) is 121 cm³/mol. The molecule has 1 amide bonds. The van der Waals surface area contributed by atoms with Gasteiger partial charge in [-0.05, 0) is 58.1 Å². The number of rotatable bonds is 5. The van der Waals surface area contributed by atoms with E-state index in [-0.39, 0.29) is 5.69 Å². The molecule has 29 heavy (non-hydrogen) atoms. The first kappa shape index (κ1) is 19.2. The van der Waals surface area contributed by atoms with Crippen LogP contribution in [-0.2, 0) is 6.42 Å². The molecular weight excluding hydrogens is 377 g/mol. The second-order valence-corrected chi connectivity index (χ2v) is 7.95. The third-order valence-corrected chi connectivity index (χ3v) is 5.53. The molecule has 2 aromatic carbocycles. The zero-order valence-corrected chi connectivity index (χ0v) is 17.3. The van der Waals surface area contributed by atoms with Crippen LogP contribution in [0.15, 0.2) is 73.1 Å². The summed E-state index contributed by atoms with van der Waals surface area (Å²) < 4.78 is 0. The van der Waals surface area contributed by atoms with Crippen LogP contribution in [0.3, 0.4) is 0 Å². The molecule has 5 heteroatoms. The molecule has 0 aliphatic rings. The molecule has 2 N–H and O–H groups in total. The van der Waals surface area contributed by atoms with Crippen LogP contribution in [0, 0.1) is 0 Å². The van der Waals surface area contributed by atoms with Crippen molar-refractivity contribution in [2.45, 2.75) is 19.3 Å². The SMILES string of the molecule is CC(Cc1cccnc1)c1ccc2c(-c3ccc(P)cc3)cc(C(N)=O)nc2c1. The van der Waals surface area contributed by atoms with Crippen molar-refractivity contribution >= 4 is 31.4 Å². The highest BCUT2D eigenvalue weighted by Crippen LogP contribution is 2.31. The molecule has 2 unspecified atom stereocenters. The average Bonchev–Trinajstić information content (AvgIpc) is 2.73. The summed E-state index contributed by atoms with van der Waals surface area (Å²) in [6.07, 6.45) is 4.57. The van der Waals surface area contributed by atoms with Gasteiger partial charge in [-0.3, -0.25) is 9.78 Å². The molecule has 0 bridgehead atoms. The van der Waals surface area contributed by atoms with Gasteiger partial charge in [-0.2, -0.15) is 0 Å². The highest BCUT2D eigenvalue weighted by Gasteiger charge is 2.14. The summed E-state index contributed by atoms with van der Waals surface area (Å²) in [4.78, 5) is 20.6. The topological polar surface area (TPSA) is 68.9 Å². The molecule has 0 fully saturated rings. The Morgan fingerprint density at radius 2 is 1.90 bits per heavy atom. The number of primary amides is 1. The lowest BCUT2D eigenvalue weighted by Gasteiger charge is -2.15. The van der Waals surface area contributed by atoms with E-state index in [4.69, 9.17) is 5.73 Å². The number of carbonyl (C=O) groups excluding carboxylic acids is 1. The van der Waals surface area contributed by atoms with Gasteiger partial charge in [0.15, 0.2) is 0 Å². The zero-order valence-electron chi connectivity index (χ0n) is 16.2. The molecule has 0 aliphatic carbocycles. The Bertz CT molecular complexity index is 1170. The van der Waals surface area contributed by atoms with Crippen LogP contribution in [0.1, 0.15) is 34.5 Å². The van der Waals surface area contributed by atoms with E-state index in [2.05, 4.69) is 50.4 Å². The second kappa shape index (κ2) is 8.10. The standard InChI is InChI=1S/C24H22N3OP/c1-15(11-16-3-2-10-26-14-16)18-6-9-20-21(17-4-7-19(29)8-5-17)13-23(24(25)28)27-22(20)12-18/h2-10,12-15H,11,29H2,1H3,(H2,25,28). The van der Waals surface area contributed by atoms with Crippen molar-refractivity contribution in [3.05, 3.63) is 89.9 Å². The molecule has 0 aliphatic heterocycles. The minimum Gasteiger partial charge on any atom is -0.364 e. The minimum atomic E-state index is -0.523. The lowest BCUT2D eigenvalue weighted by atomic mass is 9.92. The van der Waals surface area contributed by atoms with Gasteiger partial charge >= 0.3 is 0 Å². The highest BCUT2D eigenvalue weighted by molar-refractivity contribution is 7.27. The summed E-state index contributed by atoms with van der Waals surface area (Å²) >= 11 is 0. The molecular formula is C24H22N3OP. The minimum absolute atomic E-state index is 0.277. The van der Waals surface area contributed by atoms with Crippen LogP contribution in [0.5, 0.6) is 0 Å². The van der Waals surface area contributed by atoms with Gasteiger partial charge < -0.3 is 5.73 Å². The molecule has 2 heterocycles. The number of benzene rings is 2. The van der Waals surface area contributed by atoms with Crippen molar-refractivity contribution in [3.8, 4) is 11.1 Å². The van der Waals surface area contributed by atoms with Crippen molar-refractivity contribution in [2.75, 3.05) is 0 Å². The summed E-state index contributed by atoms with van der Waals surface area (Å²) in [5.41, 5.74) is 11.0. The lowest BCUT2D eigenvalue weighted by molar-refractivity contribution is 0.0996. The van der Waals surface area contributed by atoms with Crippen LogP contribution < -0.4 is 11.0 Å². The molecule has 2 atom stereocenters. The molecule has 4 nitrogen and oxygen atoms in total. The summed E-state index contributed by atoms with van der Waals surface area (Å²) in [7, 11) is 2.68. The number of nitrogens with two attached hydrogens (primary N) is 1. The Morgan fingerprint density at radius 3 is 2.59 bits per heavy atom. The van der Waals surface area contributed by atoms with Crippen molar-refractivity contribution < 1.29 is 4.79 Å². The van der Waals surface area contributed by atoms with Crippen molar-refractivity contribution in [3.63, 3.8) is 0 Å². The fraction of sp³-hybridized carbons (Fsp3) is 0.125. The third-order valence-electron chi connectivity index (χ3n) is 5.14. The van der Waals surface area contributed by atoms with E-state index in [1.807, 2.05) is 36.5 Å². The monoisotopic (exact) mass is 399 g/mol. The van der Waals surface area contributed by atoms with Crippen LogP contribution in [-0.4, -0.2) is 15.9 Å². The molecule has 2 aromatic heterocycles. The number of fused-ring (bicyclic) bond motifs is 1. The number of nitrogens with zero attached hydrogens (tertiary/aromatic N) is 2. The first-order valence-corrected chi connectivity index (χ1v) is 10.1. The van der Waals surface area contributed by atoms with E-state index in [0.717, 1.165) is 33.8 Å². The van der Waals surface area contributed by atoms with E-state index in [1.54, 1.807) is 12.3 Å². The Hall–Kier alpha value is -3.10. The number of aromatic nitrogens is 2. The maximum atomic E-state index is 11.9. The Kier molecular flexibility index (Phi) is 5.37. The van der Waals surface area contributed by atoms with Crippen molar-refractivity contribution in [2.24, 2.45) is 5.73 Å². The fourth-order valence-electron chi connectivity index (χ4n) is 3.57. The van der Waals surface area contributed by atoms with Crippen molar-refractivity contribution in [1.29, 1.82) is 0 Å². The van der Waals surface area contributed by atoms with E-state index in [1.165, 1.54) is 11.1 Å².